The molecular weight excluding hydrogens is 320 g/mol. The van der Waals surface area contributed by atoms with Crippen LogP contribution in [-0.2, 0) is 6.42 Å². The normalized spacial score (nSPS) is 20.1. The van der Waals surface area contributed by atoms with Crippen molar-refractivity contribution in [2.24, 2.45) is 22.6 Å². The number of aliphatic imine (C=N–C) groups is 1. The summed E-state index contributed by atoms with van der Waals surface area (Å²) in [6.45, 7) is 5.60. The van der Waals surface area contributed by atoms with E-state index in [0.29, 0.717) is 5.96 Å². The first kappa shape index (κ1) is 19.2. The first-order valence-electron chi connectivity index (χ1n) is 10.6. The minimum atomic E-state index is 0.638. The smallest absolute Gasteiger partial charge is 0.188 e. The Kier molecular flexibility index (Phi) is 7.81. The number of likely N-dealkylation sites (tertiary alicyclic amines) is 1. The Balaban J connectivity index is 1.20. The van der Waals surface area contributed by atoms with E-state index >= 15 is 0 Å². The average Bonchev–Trinajstić information content (AvgIpc) is 2.62. The maximum Gasteiger partial charge on any atom is 0.188 e. The van der Waals surface area contributed by atoms with Crippen LogP contribution < -0.4 is 11.1 Å². The van der Waals surface area contributed by atoms with Crippen molar-refractivity contribution in [3.63, 3.8) is 0 Å². The van der Waals surface area contributed by atoms with Gasteiger partial charge in [-0.05, 0) is 82.0 Å². The quantitative estimate of drug-likeness (QED) is 0.405. The molecule has 1 aliphatic heterocycles. The lowest BCUT2D eigenvalue weighted by atomic mass is 9.86. The third kappa shape index (κ3) is 6.64. The number of hydrogen-bond acceptors (Lipinski definition) is 2. The Hall–Kier alpha value is -1.55. The summed E-state index contributed by atoms with van der Waals surface area (Å²) < 4.78 is 0. The Morgan fingerprint density at radius 1 is 1.04 bits per heavy atom. The van der Waals surface area contributed by atoms with Crippen LogP contribution in [0.25, 0.3) is 0 Å². The molecule has 4 nitrogen and oxygen atoms in total. The third-order valence-corrected chi connectivity index (χ3v) is 6.03. The summed E-state index contributed by atoms with van der Waals surface area (Å²) in [5.74, 6) is 2.29. The van der Waals surface area contributed by atoms with E-state index in [-0.39, 0.29) is 0 Å². The van der Waals surface area contributed by atoms with Gasteiger partial charge in [0.15, 0.2) is 5.96 Å². The van der Waals surface area contributed by atoms with E-state index in [1.165, 1.54) is 76.6 Å². The lowest BCUT2D eigenvalue weighted by molar-refractivity contribution is 0.181. The van der Waals surface area contributed by atoms with E-state index in [1.807, 2.05) is 0 Å². The van der Waals surface area contributed by atoms with Crippen LogP contribution in [0.1, 0.15) is 50.5 Å². The lowest BCUT2D eigenvalue weighted by Gasteiger charge is -2.32. The molecule has 144 valence electrons. The summed E-state index contributed by atoms with van der Waals surface area (Å²) in [5, 5.41) is 3.27. The monoisotopic (exact) mass is 356 g/mol. The molecule has 0 unspecified atom stereocenters. The molecule has 2 aliphatic rings. The highest BCUT2D eigenvalue weighted by molar-refractivity contribution is 5.77. The second-order valence-electron chi connectivity index (χ2n) is 8.13. The molecule has 1 aliphatic carbocycles. The topological polar surface area (TPSA) is 53.6 Å². The molecule has 4 heteroatoms. The van der Waals surface area contributed by atoms with Crippen LogP contribution in [0.4, 0.5) is 0 Å². The van der Waals surface area contributed by atoms with Crippen molar-refractivity contribution >= 4 is 5.96 Å². The summed E-state index contributed by atoms with van der Waals surface area (Å²) in [4.78, 5) is 7.08. The first-order chi connectivity index (χ1) is 12.8. The molecular formula is C22H36N4. The summed E-state index contributed by atoms with van der Waals surface area (Å²) in [6.07, 6.45) is 10.4. The summed E-state index contributed by atoms with van der Waals surface area (Å²) >= 11 is 0. The van der Waals surface area contributed by atoms with Crippen molar-refractivity contribution in [2.75, 3.05) is 32.7 Å². The minimum Gasteiger partial charge on any atom is -0.370 e. The molecule has 0 radical (unpaired) electrons. The summed E-state index contributed by atoms with van der Waals surface area (Å²) in [6, 6.07) is 10.9. The molecule has 2 fully saturated rings. The summed E-state index contributed by atoms with van der Waals surface area (Å²) in [7, 11) is 0. The first-order valence-corrected chi connectivity index (χ1v) is 10.6. The van der Waals surface area contributed by atoms with Gasteiger partial charge < -0.3 is 16.0 Å². The van der Waals surface area contributed by atoms with Gasteiger partial charge in [0.25, 0.3) is 0 Å². The molecule has 1 heterocycles. The van der Waals surface area contributed by atoms with Gasteiger partial charge in [-0.1, -0.05) is 36.8 Å². The van der Waals surface area contributed by atoms with Gasteiger partial charge in [0.05, 0.1) is 0 Å². The molecule has 0 aromatic heterocycles. The van der Waals surface area contributed by atoms with Gasteiger partial charge in [-0.2, -0.15) is 0 Å². The zero-order valence-electron chi connectivity index (χ0n) is 16.2. The number of rotatable bonds is 9. The number of nitrogens with two attached hydrogens (primary N) is 1. The highest BCUT2D eigenvalue weighted by atomic mass is 15.1. The van der Waals surface area contributed by atoms with E-state index in [1.54, 1.807) is 0 Å². The number of benzene rings is 1. The molecule has 0 amide bonds. The van der Waals surface area contributed by atoms with Crippen molar-refractivity contribution < 1.29 is 0 Å². The van der Waals surface area contributed by atoms with Crippen molar-refractivity contribution in [3.05, 3.63) is 35.9 Å². The number of guanidine groups is 1. The Morgan fingerprint density at radius 3 is 2.50 bits per heavy atom. The average molecular weight is 357 g/mol. The van der Waals surface area contributed by atoms with Crippen LogP contribution in [0.2, 0.25) is 0 Å². The van der Waals surface area contributed by atoms with E-state index < -0.39 is 0 Å². The molecule has 0 atom stereocenters. The molecule has 1 saturated heterocycles. The standard InChI is InChI=1S/C22H36N4/c23-22(25-18-21-9-6-10-21)24-13-4-5-14-26-15-11-20(12-16-26)17-19-7-2-1-3-8-19/h1-3,7-8,20-21H,4-6,9-18H2,(H3,23,24,25). The number of nitrogens with zero attached hydrogens (tertiary/aromatic N) is 2. The third-order valence-electron chi connectivity index (χ3n) is 6.03. The van der Waals surface area contributed by atoms with Crippen LogP contribution in [-0.4, -0.2) is 43.6 Å². The number of nitrogens with one attached hydrogen (secondary N) is 1. The van der Waals surface area contributed by atoms with Gasteiger partial charge >= 0.3 is 0 Å². The van der Waals surface area contributed by atoms with Crippen LogP contribution in [0.15, 0.2) is 35.3 Å². The Bertz CT molecular complexity index is 530. The van der Waals surface area contributed by atoms with E-state index in [9.17, 15) is 0 Å². The molecule has 0 spiro atoms. The Labute approximate surface area is 159 Å². The number of piperidine rings is 1. The van der Waals surface area contributed by atoms with E-state index in [0.717, 1.165) is 24.9 Å². The van der Waals surface area contributed by atoms with Crippen LogP contribution in [0, 0.1) is 11.8 Å². The fourth-order valence-electron chi connectivity index (χ4n) is 4.00. The minimum absolute atomic E-state index is 0.638. The van der Waals surface area contributed by atoms with Gasteiger partial charge in [0.2, 0.25) is 0 Å². The second-order valence-corrected chi connectivity index (χ2v) is 8.13. The van der Waals surface area contributed by atoms with Crippen LogP contribution >= 0.6 is 0 Å². The molecule has 0 bridgehead atoms. The van der Waals surface area contributed by atoms with Crippen molar-refractivity contribution in [1.82, 2.24) is 10.2 Å². The van der Waals surface area contributed by atoms with Gasteiger partial charge in [-0.25, -0.2) is 0 Å². The molecule has 1 saturated carbocycles. The van der Waals surface area contributed by atoms with Crippen LogP contribution in [0.3, 0.4) is 0 Å². The number of unbranched alkanes of at least 4 members (excludes halogenated alkanes) is 1. The maximum atomic E-state index is 5.93. The second kappa shape index (κ2) is 10.6. The maximum absolute atomic E-state index is 5.93. The highest BCUT2D eigenvalue weighted by Crippen LogP contribution is 2.26. The fourth-order valence-corrected chi connectivity index (χ4v) is 4.00. The molecule has 26 heavy (non-hydrogen) atoms. The van der Waals surface area contributed by atoms with Gasteiger partial charge in [0, 0.05) is 13.1 Å². The fraction of sp³-hybridized carbons (Fsp3) is 0.682. The van der Waals surface area contributed by atoms with Gasteiger partial charge in [-0.15, -0.1) is 0 Å². The lowest BCUT2D eigenvalue weighted by Crippen LogP contribution is -2.36. The summed E-state index contributed by atoms with van der Waals surface area (Å²) in [5.41, 5.74) is 7.43. The highest BCUT2D eigenvalue weighted by Gasteiger charge is 2.19. The largest absolute Gasteiger partial charge is 0.370 e. The predicted octanol–water partition coefficient (Wildman–Crippen LogP) is 3.43. The number of hydrogen-bond donors (Lipinski definition) is 2. The molecule has 1 aromatic rings. The van der Waals surface area contributed by atoms with Crippen molar-refractivity contribution in [2.45, 2.75) is 51.4 Å². The van der Waals surface area contributed by atoms with Gasteiger partial charge in [0.1, 0.15) is 0 Å². The SMILES string of the molecule is NC(=NCC1CCC1)NCCCCN1CCC(Cc2ccccc2)CC1. The molecule has 3 rings (SSSR count). The van der Waals surface area contributed by atoms with Crippen LogP contribution in [0.5, 0.6) is 0 Å². The zero-order valence-corrected chi connectivity index (χ0v) is 16.2. The molecule has 1 aromatic carbocycles. The van der Waals surface area contributed by atoms with Crippen molar-refractivity contribution in [1.29, 1.82) is 0 Å². The van der Waals surface area contributed by atoms with E-state index in [4.69, 9.17) is 5.73 Å². The predicted molar refractivity (Wildman–Crippen MR) is 110 cm³/mol. The van der Waals surface area contributed by atoms with Crippen molar-refractivity contribution in [3.8, 4) is 0 Å². The Morgan fingerprint density at radius 2 is 1.81 bits per heavy atom. The van der Waals surface area contributed by atoms with E-state index in [2.05, 4.69) is 45.5 Å². The zero-order chi connectivity index (χ0) is 18.0. The molecule has 3 N–H and O–H groups in total. The van der Waals surface area contributed by atoms with Gasteiger partial charge in [-0.3, -0.25) is 4.99 Å².